The first-order valence-corrected chi connectivity index (χ1v) is 3.92. The molecule has 15 heavy (non-hydrogen) atoms. The molecule has 0 amide bonds. The normalized spacial score (nSPS) is 11.3. The van der Waals surface area contributed by atoms with Gasteiger partial charge in [-0.3, -0.25) is 4.79 Å². The van der Waals surface area contributed by atoms with Gasteiger partial charge in [0.2, 0.25) is 0 Å². The number of carbonyl (C=O) groups excluding carboxylic acids is 1. The van der Waals surface area contributed by atoms with Gasteiger partial charge in [-0.1, -0.05) is 0 Å². The molecule has 2 nitrogen and oxygen atoms in total. The van der Waals surface area contributed by atoms with E-state index in [1.807, 2.05) is 0 Å². The first-order valence-electron chi connectivity index (χ1n) is 3.55. The monoisotopic (exact) mass is 242 g/mol. The van der Waals surface area contributed by atoms with Gasteiger partial charge in [0.05, 0.1) is 0 Å². The van der Waals surface area contributed by atoms with Crippen LogP contribution in [0, 0.1) is 5.82 Å². The number of halogens is 5. The minimum atomic E-state index is -5.02. The number of alkyl halides is 3. The van der Waals surface area contributed by atoms with Crippen LogP contribution in [0.25, 0.3) is 0 Å². The molecule has 0 aromatic heterocycles. The Morgan fingerprint density at radius 2 is 1.93 bits per heavy atom. The highest BCUT2D eigenvalue weighted by atomic mass is 35.5. The third-order valence-corrected chi connectivity index (χ3v) is 1.60. The first-order chi connectivity index (χ1) is 6.79. The minimum Gasteiger partial charge on any atom is -0.403 e. The van der Waals surface area contributed by atoms with Gasteiger partial charge in [0.15, 0.2) is 11.6 Å². The highest BCUT2D eigenvalue weighted by Crippen LogP contribution is 2.26. The quantitative estimate of drug-likeness (QED) is 0.588. The third kappa shape index (κ3) is 3.39. The van der Waals surface area contributed by atoms with E-state index in [1.54, 1.807) is 0 Å². The van der Waals surface area contributed by atoms with Crippen LogP contribution in [0.2, 0.25) is 0 Å². The van der Waals surface area contributed by atoms with Crippen LogP contribution in [0.3, 0.4) is 0 Å². The molecular weight excluding hydrogens is 240 g/mol. The maximum absolute atomic E-state index is 12.8. The van der Waals surface area contributed by atoms with Crippen LogP contribution in [-0.2, 0) is 0 Å². The molecule has 0 aliphatic rings. The second-order valence-electron chi connectivity index (χ2n) is 2.47. The Hall–Kier alpha value is -1.30. The summed E-state index contributed by atoms with van der Waals surface area (Å²) in [5, 5.41) is -0.998. The summed E-state index contributed by atoms with van der Waals surface area (Å²) in [4.78, 5) is 10.6. The zero-order valence-corrected chi connectivity index (χ0v) is 7.69. The number of rotatable bonds is 2. The van der Waals surface area contributed by atoms with Gasteiger partial charge in [-0.2, -0.15) is 0 Å². The molecule has 0 aliphatic heterocycles. The maximum atomic E-state index is 12.8. The Kier molecular flexibility index (Phi) is 3.18. The SMILES string of the molecule is O=C(Cl)c1ccc(F)c(OC(F)(F)F)c1. The highest BCUT2D eigenvalue weighted by Gasteiger charge is 2.32. The summed E-state index contributed by atoms with van der Waals surface area (Å²) in [5.41, 5.74) is -0.280. The molecule has 7 heteroatoms. The lowest BCUT2D eigenvalue weighted by Gasteiger charge is -2.09. The van der Waals surface area contributed by atoms with E-state index in [9.17, 15) is 22.4 Å². The smallest absolute Gasteiger partial charge is 0.403 e. The molecule has 0 aliphatic carbocycles. The van der Waals surface area contributed by atoms with Crippen LogP contribution in [0.5, 0.6) is 5.75 Å². The van der Waals surface area contributed by atoms with Crippen LogP contribution in [-0.4, -0.2) is 11.6 Å². The maximum Gasteiger partial charge on any atom is 0.573 e. The highest BCUT2D eigenvalue weighted by molar-refractivity contribution is 6.67. The zero-order valence-electron chi connectivity index (χ0n) is 6.94. The van der Waals surface area contributed by atoms with Crippen molar-refractivity contribution in [2.45, 2.75) is 6.36 Å². The molecule has 0 saturated heterocycles. The molecule has 0 fully saturated rings. The van der Waals surface area contributed by atoms with E-state index in [0.29, 0.717) is 12.1 Å². The van der Waals surface area contributed by atoms with Crippen molar-refractivity contribution in [1.82, 2.24) is 0 Å². The molecule has 1 rings (SSSR count). The largest absolute Gasteiger partial charge is 0.573 e. The lowest BCUT2D eigenvalue weighted by atomic mass is 10.2. The Balaban J connectivity index is 3.06. The zero-order chi connectivity index (χ0) is 11.6. The molecular formula is C8H3ClF4O2. The number of hydrogen-bond donors (Lipinski definition) is 0. The fraction of sp³-hybridized carbons (Fsp3) is 0.125. The van der Waals surface area contributed by atoms with Gasteiger partial charge >= 0.3 is 6.36 Å². The minimum absolute atomic E-state index is 0.280. The van der Waals surface area contributed by atoms with E-state index in [1.165, 1.54) is 0 Å². The van der Waals surface area contributed by atoms with Crippen molar-refractivity contribution in [3.05, 3.63) is 29.6 Å². The Labute approximate surface area is 86.4 Å². The fourth-order valence-corrected chi connectivity index (χ4v) is 0.946. The molecule has 0 bridgehead atoms. The molecule has 0 saturated carbocycles. The molecule has 0 unspecified atom stereocenters. The third-order valence-electron chi connectivity index (χ3n) is 1.38. The van der Waals surface area contributed by atoms with Crippen molar-refractivity contribution < 1.29 is 27.1 Å². The Bertz CT molecular complexity index is 389. The standard InChI is InChI=1S/C8H3ClF4O2/c9-7(14)4-1-2-5(10)6(3-4)15-8(11,12)13/h1-3H. The average Bonchev–Trinajstić information content (AvgIpc) is 2.06. The van der Waals surface area contributed by atoms with Crippen molar-refractivity contribution in [3.63, 3.8) is 0 Å². The molecule has 0 N–H and O–H groups in total. The Morgan fingerprint density at radius 3 is 2.40 bits per heavy atom. The fourth-order valence-electron chi connectivity index (χ4n) is 0.829. The summed E-state index contributed by atoms with van der Waals surface area (Å²) in [7, 11) is 0. The van der Waals surface area contributed by atoms with Gasteiger partial charge < -0.3 is 4.74 Å². The average molecular weight is 243 g/mol. The van der Waals surface area contributed by atoms with Crippen molar-refractivity contribution in [1.29, 1.82) is 0 Å². The van der Waals surface area contributed by atoms with E-state index in [0.717, 1.165) is 6.07 Å². The number of ether oxygens (including phenoxy) is 1. The Morgan fingerprint density at radius 1 is 1.33 bits per heavy atom. The van der Waals surface area contributed by atoms with E-state index >= 15 is 0 Å². The van der Waals surface area contributed by atoms with E-state index < -0.39 is 23.2 Å². The van der Waals surface area contributed by atoms with Gasteiger partial charge in [-0.05, 0) is 29.8 Å². The lowest BCUT2D eigenvalue weighted by molar-refractivity contribution is -0.275. The van der Waals surface area contributed by atoms with Crippen LogP contribution >= 0.6 is 11.6 Å². The first kappa shape index (κ1) is 11.8. The molecule has 1 aromatic rings. The topological polar surface area (TPSA) is 26.3 Å². The summed E-state index contributed by atoms with van der Waals surface area (Å²) < 4.78 is 51.4. The summed E-state index contributed by atoms with van der Waals surface area (Å²) in [6.07, 6.45) is -5.02. The second kappa shape index (κ2) is 4.06. The summed E-state index contributed by atoms with van der Waals surface area (Å²) in [5.74, 6) is -2.32. The molecule has 0 heterocycles. The predicted octanol–water partition coefficient (Wildman–Crippen LogP) is 3.10. The molecule has 0 spiro atoms. The van der Waals surface area contributed by atoms with Crippen LogP contribution < -0.4 is 4.74 Å². The van der Waals surface area contributed by atoms with Gasteiger partial charge in [0.25, 0.3) is 5.24 Å². The molecule has 0 radical (unpaired) electrons. The molecule has 82 valence electrons. The van der Waals surface area contributed by atoms with E-state index in [4.69, 9.17) is 11.6 Å². The van der Waals surface area contributed by atoms with Crippen LogP contribution in [0.4, 0.5) is 17.6 Å². The van der Waals surface area contributed by atoms with Crippen molar-refractivity contribution in [2.75, 3.05) is 0 Å². The number of carbonyl (C=O) groups is 1. The van der Waals surface area contributed by atoms with Crippen molar-refractivity contribution in [2.24, 2.45) is 0 Å². The van der Waals surface area contributed by atoms with Crippen molar-refractivity contribution >= 4 is 16.8 Å². The van der Waals surface area contributed by atoms with Gasteiger partial charge in [-0.15, -0.1) is 13.2 Å². The number of hydrogen-bond acceptors (Lipinski definition) is 2. The molecule has 0 atom stereocenters. The van der Waals surface area contributed by atoms with E-state index in [2.05, 4.69) is 4.74 Å². The second-order valence-corrected chi connectivity index (χ2v) is 2.81. The van der Waals surface area contributed by atoms with Gasteiger partial charge in [0.1, 0.15) is 0 Å². The van der Waals surface area contributed by atoms with E-state index in [-0.39, 0.29) is 5.56 Å². The van der Waals surface area contributed by atoms with Gasteiger partial charge in [-0.25, -0.2) is 4.39 Å². The summed E-state index contributed by atoms with van der Waals surface area (Å²) in [6.45, 7) is 0. The number of benzene rings is 1. The summed E-state index contributed by atoms with van der Waals surface area (Å²) in [6, 6.07) is 2.20. The molecule has 1 aromatic carbocycles. The van der Waals surface area contributed by atoms with Crippen molar-refractivity contribution in [3.8, 4) is 5.75 Å². The summed E-state index contributed by atoms with van der Waals surface area (Å²) >= 11 is 5.00. The lowest BCUT2D eigenvalue weighted by Crippen LogP contribution is -2.18. The van der Waals surface area contributed by atoms with Crippen LogP contribution in [0.1, 0.15) is 10.4 Å². The van der Waals surface area contributed by atoms with Gasteiger partial charge in [0, 0.05) is 5.56 Å². The predicted molar refractivity (Wildman–Crippen MR) is 43.3 cm³/mol. The van der Waals surface area contributed by atoms with Crippen LogP contribution in [0.15, 0.2) is 18.2 Å².